The minimum atomic E-state index is 0.108. The van der Waals surface area contributed by atoms with Gasteiger partial charge in [0.05, 0.1) is 10.7 Å². The Bertz CT molecular complexity index is 839. The lowest BCUT2D eigenvalue weighted by atomic mass is 9.78. The highest BCUT2D eigenvalue weighted by atomic mass is 32.2. The molecule has 0 radical (unpaired) electrons. The second kappa shape index (κ2) is 15.1. The van der Waals surface area contributed by atoms with E-state index in [9.17, 15) is 0 Å². The van der Waals surface area contributed by atoms with Crippen molar-refractivity contribution in [2.24, 2.45) is 57.7 Å². The van der Waals surface area contributed by atoms with Gasteiger partial charge in [-0.1, -0.05) is 32.1 Å². The second-order valence-electron chi connectivity index (χ2n) is 13.5. The van der Waals surface area contributed by atoms with Crippen LogP contribution in [0.25, 0.3) is 0 Å². The molecule has 0 bridgehead atoms. The maximum Gasteiger partial charge on any atom is 0.185 e. The van der Waals surface area contributed by atoms with E-state index in [1.807, 2.05) is 0 Å². The van der Waals surface area contributed by atoms with Crippen LogP contribution in [0.4, 0.5) is 0 Å². The maximum atomic E-state index is 7.41. The summed E-state index contributed by atoms with van der Waals surface area (Å²) in [5.74, 6) is 5.27. The van der Waals surface area contributed by atoms with E-state index in [4.69, 9.17) is 22.6 Å². The Morgan fingerprint density at radius 3 is 1.80 bits per heavy atom. The van der Waals surface area contributed by atoms with Gasteiger partial charge in [0.2, 0.25) is 0 Å². The first kappa shape index (κ1) is 30.6. The van der Waals surface area contributed by atoms with Gasteiger partial charge in [0, 0.05) is 36.7 Å². The van der Waals surface area contributed by atoms with E-state index in [0.717, 1.165) is 71.9 Å². The number of rotatable bonds is 10. The Labute approximate surface area is 251 Å². The Morgan fingerprint density at radius 1 is 0.725 bits per heavy atom. The van der Waals surface area contributed by atoms with Gasteiger partial charge in [0.1, 0.15) is 0 Å². The zero-order valence-electron chi connectivity index (χ0n) is 24.5. The molecule has 0 amide bonds. The molecule has 40 heavy (non-hydrogen) atoms. The summed E-state index contributed by atoms with van der Waals surface area (Å²) in [7, 11) is 0. The van der Waals surface area contributed by atoms with E-state index in [1.165, 1.54) is 90.1 Å². The molecule has 10 heteroatoms. The first-order valence-electron chi connectivity index (χ1n) is 16.4. The van der Waals surface area contributed by atoms with Crippen LogP contribution in [-0.4, -0.2) is 59.3 Å². The normalized spacial score (nSPS) is 40.5. The van der Waals surface area contributed by atoms with Gasteiger partial charge >= 0.3 is 0 Å². The van der Waals surface area contributed by atoms with E-state index in [2.05, 4.69) is 44.5 Å². The molecule has 2 heterocycles. The lowest BCUT2D eigenvalue weighted by molar-refractivity contribution is 0.233. The minimum absolute atomic E-state index is 0.108. The van der Waals surface area contributed by atoms with Gasteiger partial charge in [-0.15, -0.1) is 23.5 Å². The number of hydrogen-bond donors (Lipinski definition) is 7. The van der Waals surface area contributed by atoms with Crippen molar-refractivity contribution in [3.8, 4) is 0 Å². The zero-order valence-corrected chi connectivity index (χ0v) is 26.1. The predicted octanol–water partition coefficient (Wildman–Crippen LogP) is 4.00. The average molecular weight is 593 g/mol. The number of thioether (sulfide) groups is 2. The van der Waals surface area contributed by atoms with Crippen LogP contribution in [0.2, 0.25) is 0 Å². The Morgan fingerprint density at radius 2 is 1.25 bits per heavy atom. The van der Waals surface area contributed by atoms with Crippen LogP contribution in [0, 0.1) is 40.9 Å². The second-order valence-corrected chi connectivity index (χ2v) is 16.3. The summed E-state index contributed by atoms with van der Waals surface area (Å²) in [5, 5.41) is 21.3. The summed E-state index contributed by atoms with van der Waals surface area (Å²) in [6.07, 6.45) is 18.8. The SMILES string of the molecule is N=C(N)NCCC1CCCC(C2CNC(C3CCCC(C4NCC(C5CCCC(CCN=C(N)N)C5)S4)C3)S2)C1. The van der Waals surface area contributed by atoms with Gasteiger partial charge in [-0.25, -0.2) is 0 Å². The molecule has 2 saturated heterocycles. The molecular weight excluding hydrogens is 537 g/mol. The molecule has 0 aromatic carbocycles. The zero-order chi connectivity index (χ0) is 27.9. The van der Waals surface area contributed by atoms with Crippen molar-refractivity contribution in [1.29, 1.82) is 5.41 Å². The summed E-state index contributed by atoms with van der Waals surface area (Å²) in [5.41, 5.74) is 16.6. The van der Waals surface area contributed by atoms with Crippen molar-refractivity contribution in [3.05, 3.63) is 0 Å². The van der Waals surface area contributed by atoms with Crippen LogP contribution in [0.15, 0.2) is 4.99 Å². The van der Waals surface area contributed by atoms with E-state index in [0.29, 0.717) is 10.7 Å². The highest BCUT2D eigenvalue weighted by Gasteiger charge is 2.42. The molecule has 5 rings (SSSR count). The molecule has 10 atom stereocenters. The maximum absolute atomic E-state index is 7.41. The van der Waals surface area contributed by atoms with Crippen LogP contribution >= 0.6 is 23.5 Å². The number of nitrogens with one attached hydrogen (secondary N) is 4. The van der Waals surface area contributed by atoms with Gasteiger partial charge in [0.15, 0.2) is 11.9 Å². The molecule has 0 spiro atoms. The molecule has 3 saturated carbocycles. The molecule has 5 fully saturated rings. The van der Waals surface area contributed by atoms with Crippen LogP contribution in [0.1, 0.15) is 89.9 Å². The van der Waals surface area contributed by atoms with Crippen molar-refractivity contribution < 1.29 is 0 Å². The van der Waals surface area contributed by atoms with Gasteiger partial charge < -0.3 is 33.2 Å². The summed E-state index contributed by atoms with van der Waals surface area (Å²) in [6, 6.07) is 0. The van der Waals surface area contributed by atoms with Crippen molar-refractivity contribution in [2.75, 3.05) is 26.2 Å². The quantitative estimate of drug-likeness (QED) is 0.149. The van der Waals surface area contributed by atoms with Gasteiger partial charge in [0.25, 0.3) is 0 Å². The van der Waals surface area contributed by atoms with Crippen molar-refractivity contribution >= 4 is 35.4 Å². The summed E-state index contributed by atoms with van der Waals surface area (Å²) in [4.78, 5) is 4.24. The fourth-order valence-electron chi connectivity index (χ4n) is 8.61. The van der Waals surface area contributed by atoms with Crippen molar-refractivity contribution in [2.45, 2.75) is 111 Å². The van der Waals surface area contributed by atoms with Crippen LogP contribution in [0.5, 0.6) is 0 Å². The number of nitrogens with zero attached hydrogens (tertiary/aromatic N) is 1. The number of hydrogen-bond acceptors (Lipinski definition) is 6. The molecular formula is C30H56N8S2. The Balaban J connectivity index is 1.05. The van der Waals surface area contributed by atoms with E-state index in [1.54, 1.807) is 0 Å². The molecule has 0 aromatic rings. The average Bonchev–Trinajstić information content (AvgIpc) is 3.64. The molecule has 10 unspecified atom stereocenters. The van der Waals surface area contributed by atoms with Crippen LogP contribution in [-0.2, 0) is 0 Å². The lowest BCUT2D eigenvalue weighted by Gasteiger charge is -2.36. The van der Waals surface area contributed by atoms with E-state index >= 15 is 0 Å². The molecule has 3 aliphatic carbocycles. The van der Waals surface area contributed by atoms with Crippen LogP contribution in [0.3, 0.4) is 0 Å². The third kappa shape index (κ3) is 8.60. The minimum Gasteiger partial charge on any atom is -0.370 e. The van der Waals surface area contributed by atoms with Crippen LogP contribution < -0.4 is 33.2 Å². The third-order valence-corrected chi connectivity index (χ3v) is 14.2. The standard InChI is InChI=1S/C30H56N8S2/c31-29(32)35-12-10-19-4-1-6-21(14-19)25-17-37-27(39-25)23-8-3-9-24(16-23)28-38-18-26(40-28)22-7-2-5-20(15-22)11-13-36-30(33)34/h19-28,37-38H,1-18H2,(H4,31,32,35)(H4,33,34,36). The summed E-state index contributed by atoms with van der Waals surface area (Å²) < 4.78 is 0. The van der Waals surface area contributed by atoms with Gasteiger partial charge in [-0.05, 0) is 93.3 Å². The fraction of sp³-hybridized carbons (Fsp3) is 0.933. The van der Waals surface area contributed by atoms with E-state index in [-0.39, 0.29) is 11.9 Å². The highest BCUT2D eigenvalue weighted by molar-refractivity contribution is 8.01. The first-order valence-corrected chi connectivity index (χ1v) is 18.2. The topological polar surface area (TPSA) is 150 Å². The fourth-order valence-corrected chi connectivity index (χ4v) is 12.0. The monoisotopic (exact) mass is 592 g/mol. The molecule has 10 N–H and O–H groups in total. The predicted molar refractivity (Wildman–Crippen MR) is 173 cm³/mol. The Hall–Kier alpha value is -0.840. The number of nitrogens with two attached hydrogens (primary N) is 3. The molecule has 8 nitrogen and oxygen atoms in total. The largest absolute Gasteiger partial charge is 0.370 e. The van der Waals surface area contributed by atoms with Gasteiger partial charge in [-0.3, -0.25) is 10.4 Å². The molecule has 228 valence electrons. The number of aliphatic imine (C=N–C) groups is 1. The lowest BCUT2D eigenvalue weighted by Crippen LogP contribution is -2.37. The smallest absolute Gasteiger partial charge is 0.185 e. The molecule has 2 aliphatic heterocycles. The van der Waals surface area contributed by atoms with Crippen molar-refractivity contribution in [3.63, 3.8) is 0 Å². The Kier molecular flexibility index (Phi) is 11.5. The van der Waals surface area contributed by atoms with E-state index < -0.39 is 0 Å². The summed E-state index contributed by atoms with van der Waals surface area (Å²) in [6.45, 7) is 4.04. The van der Waals surface area contributed by atoms with Gasteiger partial charge in [-0.2, -0.15) is 0 Å². The number of guanidine groups is 2. The first-order chi connectivity index (χ1) is 19.4. The molecule has 5 aliphatic rings. The third-order valence-electron chi connectivity index (χ3n) is 10.7. The van der Waals surface area contributed by atoms with Crippen molar-refractivity contribution in [1.82, 2.24) is 16.0 Å². The summed E-state index contributed by atoms with van der Waals surface area (Å²) >= 11 is 4.60. The highest BCUT2D eigenvalue weighted by Crippen LogP contribution is 2.48. The molecule has 0 aromatic heterocycles.